The first-order valence-electron chi connectivity index (χ1n) is 6.90. The average Bonchev–Trinajstić information content (AvgIpc) is 2.80. The standard InChI is InChI=1S/C13H27NO3/c15-7-9-17-8-3-6-14-11-13(16)10-12-4-1-2-5-12/h12-16H,1-11H2. The molecule has 0 aromatic rings. The molecule has 4 heteroatoms. The van der Waals surface area contributed by atoms with Gasteiger partial charge >= 0.3 is 0 Å². The Morgan fingerprint density at radius 1 is 1.24 bits per heavy atom. The van der Waals surface area contributed by atoms with Crippen LogP contribution in [-0.2, 0) is 4.74 Å². The molecular weight excluding hydrogens is 218 g/mol. The van der Waals surface area contributed by atoms with E-state index in [9.17, 15) is 5.11 Å². The molecule has 1 rings (SSSR count). The van der Waals surface area contributed by atoms with Crippen molar-refractivity contribution in [2.45, 2.75) is 44.6 Å². The smallest absolute Gasteiger partial charge is 0.0697 e. The molecule has 0 saturated heterocycles. The molecule has 0 bridgehead atoms. The maximum Gasteiger partial charge on any atom is 0.0697 e. The first-order valence-corrected chi connectivity index (χ1v) is 6.90. The Balaban J connectivity index is 1.84. The fourth-order valence-corrected chi connectivity index (χ4v) is 2.45. The van der Waals surface area contributed by atoms with Crippen LogP contribution in [0, 0.1) is 5.92 Å². The fraction of sp³-hybridized carbons (Fsp3) is 1.00. The van der Waals surface area contributed by atoms with Gasteiger partial charge in [-0.1, -0.05) is 25.7 Å². The van der Waals surface area contributed by atoms with Gasteiger partial charge < -0.3 is 20.3 Å². The van der Waals surface area contributed by atoms with E-state index in [-0.39, 0.29) is 12.7 Å². The van der Waals surface area contributed by atoms with Crippen LogP contribution in [0.25, 0.3) is 0 Å². The lowest BCUT2D eigenvalue weighted by atomic mass is 10.0. The van der Waals surface area contributed by atoms with E-state index in [1.807, 2.05) is 0 Å². The summed E-state index contributed by atoms with van der Waals surface area (Å²) in [5.74, 6) is 0.750. The van der Waals surface area contributed by atoms with Crippen LogP contribution >= 0.6 is 0 Å². The molecule has 17 heavy (non-hydrogen) atoms. The van der Waals surface area contributed by atoms with Gasteiger partial charge in [-0.15, -0.1) is 0 Å². The molecule has 0 radical (unpaired) electrons. The normalized spacial score (nSPS) is 18.7. The van der Waals surface area contributed by atoms with E-state index in [1.165, 1.54) is 25.7 Å². The van der Waals surface area contributed by atoms with Crippen molar-refractivity contribution in [2.24, 2.45) is 5.92 Å². The molecule has 0 aromatic carbocycles. The molecule has 1 aliphatic carbocycles. The Hall–Kier alpha value is -0.160. The van der Waals surface area contributed by atoms with Crippen molar-refractivity contribution in [1.82, 2.24) is 5.32 Å². The molecule has 1 unspecified atom stereocenters. The van der Waals surface area contributed by atoms with Crippen molar-refractivity contribution in [1.29, 1.82) is 0 Å². The van der Waals surface area contributed by atoms with E-state index in [0.717, 1.165) is 25.3 Å². The largest absolute Gasteiger partial charge is 0.394 e. The van der Waals surface area contributed by atoms with Crippen molar-refractivity contribution in [3.05, 3.63) is 0 Å². The van der Waals surface area contributed by atoms with Crippen LogP contribution in [0.2, 0.25) is 0 Å². The molecule has 0 heterocycles. The Kier molecular flexibility index (Phi) is 8.61. The monoisotopic (exact) mass is 245 g/mol. The second-order valence-electron chi connectivity index (χ2n) is 4.93. The zero-order chi connectivity index (χ0) is 12.3. The summed E-state index contributed by atoms with van der Waals surface area (Å²) >= 11 is 0. The lowest BCUT2D eigenvalue weighted by Gasteiger charge is -2.15. The number of aliphatic hydroxyl groups excluding tert-OH is 2. The van der Waals surface area contributed by atoms with Gasteiger partial charge in [0.25, 0.3) is 0 Å². The van der Waals surface area contributed by atoms with Crippen LogP contribution in [0.4, 0.5) is 0 Å². The van der Waals surface area contributed by atoms with E-state index >= 15 is 0 Å². The van der Waals surface area contributed by atoms with E-state index in [1.54, 1.807) is 0 Å². The predicted molar refractivity (Wildman–Crippen MR) is 68.0 cm³/mol. The number of hydrogen-bond acceptors (Lipinski definition) is 4. The van der Waals surface area contributed by atoms with Gasteiger partial charge in [-0.05, 0) is 25.3 Å². The van der Waals surface area contributed by atoms with Crippen LogP contribution in [0.3, 0.4) is 0 Å². The first-order chi connectivity index (χ1) is 8.33. The summed E-state index contributed by atoms with van der Waals surface area (Å²) in [7, 11) is 0. The van der Waals surface area contributed by atoms with Gasteiger partial charge in [-0.3, -0.25) is 0 Å². The van der Waals surface area contributed by atoms with Crippen molar-refractivity contribution >= 4 is 0 Å². The minimum Gasteiger partial charge on any atom is -0.394 e. The van der Waals surface area contributed by atoms with Crippen LogP contribution in [0.5, 0.6) is 0 Å². The van der Waals surface area contributed by atoms with Crippen LogP contribution in [-0.4, -0.2) is 49.2 Å². The zero-order valence-corrected chi connectivity index (χ0v) is 10.7. The Morgan fingerprint density at radius 3 is 2.71 bits per heavy atom. The Bertz CT molecular complexity index is 172. The molecule has 3 N–H and O–H groups in total. The molecule has 0 amide bonds. The quantitative estimate of drug-likeness (QED) is 0.501. The van der Waals surface area contributed by atoms with Gasteiger partial charge in [0.15, 0.2) is 0 Å². The fourth-order valence-electron chi connectivity index (χ4n) is 2.45. The maximum atomic E-state index is 9.82. The number of aliphatic hydroxyl groups is 2. The highest BCUT2D eigenvalue weighted by atomic mass is 16.5. The molecule has 1 atom stereocenters. The average molecular weight is 245 g/mol. The number of rotatable bonds is 10. The third-order valence-electron chi connectivity index (χ3n) is 3.34. The highest BCUT2D eigenvalue weighted by Gasteiger charge is 2.18. The van der Waals surface area contributed by atoms with Gasteiger partial charge in [0.2, 0.25) is 0 Å². The molecule has 0 aromatic heterocycles. The molecule has 0 spiro atoms. The molecule has 4 nitrogen and oxygen atoms in total. The van der Waals surface area contributed by atoms with Gasteiger partial charge in [0, 0.05) is 13.2 Å². The van der Waals surface area contributed by atoms with Gasteiger partial charge in [0.1, 0.15) is 0 Å². The lowest BCUT2D eigenvalue weighted by Crippen LogP contribution is -2.29. The summed E-state index contributed by atoms with van der Waals surface area (Å²) in [6.45, 7) is 2.74. The van der Waals surface area contributed by atoms with Crippen molar-refractivity contribution in [2.75, 3.05) is 32.9 Å². The highest BCUT2D eigenvalue weighted by Crippen LogP contribution is 2.28. The summed E-state index contributed by atoms with van der Waals surface area (Å²) in [6, 6.07) is 0. The van der Waals surface area contributed by atoms with Crippen molar-refractivity contribution in [3.8, 4) is 0 Å². The van der Waals surface area contributed by atoms with Crippen molar-refractivity contribution in [3.63, 3.8) is 0 Å². The van der Waals surface area contributed by atoms with E-state index in [0.29, 0.717) is 19.8 Å². The topological polar surface area (TPSA) is 61.7 Å². The second kappa shape index (κ2) is 9.83. The number of hydrogen-bond donors (Lipinski definition) is 3. The molecule has 1 fully saturated rings. The van der Waals surface area contributed by atoms with Crippen molar-refractivity contribution < 1.29 is 14.9 Å². The molecule has 1 aliphatic rings. The van der Waals surface area contributed by atoms with Gasteiger partial charge in [0.05, 0.1) is 19.3 Å². The van der Waals surface area contributed by atoms with Crippen LogP contribution < -0.4 is 5.32 Å². The third kappa shape index (κ3) is 7.71. The van der Waals surface area contributed by atoms with Crippen LogP contribution in [0.1, 0.15) is 38.5 Å². The summed E-state index contributed by atoms with van der Waals surface area (Å²) in [5.41, 5.74) is 0. The van der Waals surface area contributed by atoms with Gasteiger partial charge in [-0.25, -0.2) is 0 Å². The van der Waals surface area contributed by atoms with E-state index in [4.69, 9.17) is 9.84 Å². The third-order valence-corrected chi connectivity index (χ3v) is 3.34. The molecular formula is C13H27NO3. The van der Waals surface area contributed by atoms with Crippen LogP contribution in [0.15, 0.2) is 0 Å². The Morgan fingerprint density at radius 2 is 2.00 bits per heavy atom. The lowest BCUT2D eigenvalue weighted by molar-refractivity contribution is 0.0894. The predicted octanol–water partition coefficient (Wildman–Crippen LogP) is 0.916. The highest BCUT2D eigenvalue weighted by molar-refractivity contribution is 4.72. The number of nitrogens with one attached hydrogen (secondary N) is 1. The maximum absolute atomic E-state index is 9.82. The molecule has 102 valence electrons. The summed E-state index contributed by atoms with van der Waals surface area (Å²) < 4.78 is 5.14. The minimum atomic E-state index is -0.198. The molecule has 1 saturated carbocycles. The van der Waals surface area contributed by atoms with E-state index in [2.05, 4.69) is 5.32 Å². The second-order valence-corrected chi connectivity index (χ2v) is 4.93. The zero-order valence-electron chi connectivity index (χ0n) is 10.7. The first kappa shape index (κ1) is 14.9. The summed E-state index contributed by atoms with van der Waals surface area (Å²) in [6.07, 6.45) is 6.96. The molecule has 0 aliphatic heterocycles. The van der Waals surface area contributed by atoms with E-state index < -0.39 is 0 Å². The number of ether oxygens (including phenoxy) is 1. The SMILES string of the molecule is OCCOCCCNCC(O)CC1CCCC1. The Labute approximate surface area is 104 Å². The summed E-state index contributed by atoms with van der Waals surface area (Å²) in [5, 5.41) is 21.6. The summed E-state index contributed by atoms with van der Waals surface area (Å²) in [4.78, 5) is 0. The van der Waals surface area contributed by atoms with Gasteiger partial charge in [-0.2, -0.15) is 0 Å². The minimum absolute atomic E-state index is 0.0908.